The van der Waals surface area contributed by atoms with E-state index in [1.807, 2.05) is 0 Å². The first kappa shape index (κ1) is 17.0. The molecule has 0 aromatic heterocycles. The first-order valence-electron chi connectivity index (χ1n) is 9.59. The fourth-order valence-electron chi connectivity index (χ4n) is 4.99. The van der Waals surface area contributed by atoms with E-state index in [1.54, 1.807) is 12.1 Å². The topological polar surface area (TPSA) is 20.2 Å². The molecule has 2 aliphatic rings. The zero-order valence-electron chi connectivity index (χ0n) is 14.4. The minimum atomic E-state index is -0.733. The molecule has 0 saturated heterocycles. The summed E-state index contributed by atoms with van der Waals surface area (Å²) in [5.41, 5.74) is 0.160. The maximum atomic E-state index is 13.1. The highest BCUT2D eigenvalue weighted by Crippen LogP contribution is 2.46. The van der Waals surface area contributed by atoms with Crippen molar-refractivity contribution >= 4 is 0 Å². The van der Waals surface area contributed by atoms with Gasteiger partial charge in [0, 0.05) is 0 Å². The van der Waals surface area contributed by atoms with Crippen LogP contribution in [0.15, 0.2) is 24.3 Å². The molecule has 3 rings (SSSR count). The molecule has 0 bridgehead atoms. The summed E-state index contributed by atoms with van der Waals surface area (Å²) in [7, 11) is 0. The molecule has 1 N–H and O–H groups in total. The average Bonchev–Trinajstić information content (AvgIpc) is 2.57. The lowest BCUT2D eigenvalue weighted by Gasteiger charge is -2.41. The first-order valence-corrected chi connectivity index (χ1v) is 9.59. The quantitative estimate of drug-likeness (QED) is 0.742. The Hall–Kier alpha value is -0.890. The van der Waals surface area contributed by atoms with Gasteiger partial charge in [0.2, 0.25) is 0 Å². The lowest BCUT2D eigenvalue weighted by Crippen LogP contribution is -2.34. The number of halogens is 1. The van der Waals surface area contributed by atoms with E-state index in [2.05, 4.69) is 6.92 Å². The molecule has 0 amide bonds. The van der Waals surface area contributed by atoms with Crippen LogP contribution in [0.2, 0.25) is 0 Å². The van der Waals surface area contributed by atoms with Gasteiger partial charge in [-0.15, -0.1) is 0 Å². The van der Waals surface area contributed by atoms with Crippen molar-refractivity contribution in [3.05, 3.63) is 35.6 Å². The van der Waals surface area contributed by atoms with Crippen LogP contribution >= 0.6 is 0 Å². The van der Waals surface area contributed by atoms with E-state index < -0.39 is 5.60 Å². The van der Waals surface area contributed by atoms with E-state index in [0.29, 0.717) is 0 Å². The van der Waals surface area contributed by atoms with Crippen LogP contribution in [0.1, 0.15) is 76.7 Å². The van der Waals surface area contributed by atoms with Gasteiger partial charge in [0.25, 0.3) is 0 Å². The van der Waals surface area contributed by atoms with Gasteiger partial charge in [-0.3, -0.25) is 0 Å². The van der Waals surface area contributed by atoms with Crippen molar-refractivity contribution < 1.29 is 9.50 Å². The van der Waals surface area contributed by atoms with Crippen LogP contribution in [0.4, 0.5) is 4.39 Å². The molecule has 0 atom stereocenters. The number of hydrogen-bond donors (Lipinski definition) is 1. The van der Waals surface area contributed by atoms with Crippen LogP contribution in [-0.4, -0.2) is 5.11 Å². The van der Waals surface area contributed by atoms with Crippen LogP contribution in [0, 0.1) is 23.6 Å². The summed E-state index contributed by atoms with van der Waals surface area (Å²) in [6, 6.07) is 6.44. The molecule has 2 aliphatic carbocycles. The molecular formula is C21H31FO. The Morgan fingerprint density at radius 3 is 2.09 bits per heavy atom. The molecule has 1 nitrogen and oxygen atoms in total. The van der Waals surface area contributed by atoms with Crippen molar-refractivity contribution in [3.8, 4) is 0 Å². The predicted molar refractivity (Wildman–Crippen MR) is 92.6 cm³/mol. The van der Waals surface area contributed by atoms with Gasteiger partial charge >= 0.3 is 0 Å². The van der Waals surface area contributed by atoms with Gasteiger partial charge in [-0.25, -0.2) is 4.39 Å². The smallest absolute Gasteiger partial charge is 0.123 e. The summed E-state index contributed by atoms with van der Waals surface area (Å²) in [5, 5.41) is 10.9. The van der Waals surface area contributed by atoms with Gasteiger partial charge in [-0.05, 0) is 74.0 Å². The summed E-state index contributed by atoms with van der Waals surface area (Å²) in [4.78, 5) is 0. The fourth-order valence-corrected chi connectivity index (χ4v) is 4.99. The molecule has 0 spiro atoms. The minimum Gasteiger partial charge on any atom is -0.385 e. The number of benzene rings is 1. The van der Waals surface area contributed by atoms with Crippen LogP contribution in [0.25, 0.3) is 0 Å². The van der Waals surface area contributed by atoms with Crippen LogP contribution in [0.5, 0.6) is 0 Å². The summed E-state index contributed by atoms with van der Waals surface area (Å²) >= 11 is 0. The molecule has 0 heterocycles. The van der Waals surface area contributed by atoms with E-state index in [4.69, 9.17) is 0 Å². The SMILES string of the molecule is CCCC1CCC([C@H]2CC[C@](O)(c3ccc(F)cc3)CC2)CC1. The lowest BCUT2D eigenvalue weighted by molar-refractivity contribution is -0.0261. The van der Waals surface area contributed by atoms with Crippen LogP contribution < -0.4 is 0 Å². The normalized spacial score (nSPS) is 35.2. The van der Waals surface area contributed by atoms with Gasteiger partial charge in [0.1, 0.15) is 5.82 Å². The van der Waals surface area contributed by atoms with E-state index in [9.17, 15) is 9.50 Å². The molecule has 2 heteroatoms. The van der Waals surface area contributed by atoms with E-state index in [1.165, 1.54) is 50.7 Å². The molecule has 0 radical (unpaired) electrons. The molecule has 128 valence electrons. The molecule has 1 aromatic rings. The van der Waals surface area contributed by atoms with Gasteiger partial charge in [0.05, 0.1) is 5.60 Å². The molecule has 23 heavy (non-hydrogen) atoms. The fraction of sp³-hybridized carbons (Fsp3) is 0.714. The second-order valence-corrected chi connectivity index (χ2v) is 7.95. The van der Waals surface area contributed by atoms with Crippen molar-refractivity contribution in [2.75, 3.05) is 0 Å². The predicted octanol–water partition coefficient (Wildman–Crippen LogP) is 5.81. The molecule has 1 aromatic carbocycles. The zero-order chi connectivity index (χ0) is 16.3. The highest BCUT2D eigenvalue weighted by Gasteiger charge is 2.38. The second kappa shape index (κ2) is 7.34. The highest BCUT2D eigenvalue weighted by molar-refractivity contribution is 5.23. The summed E-state index contributed by atoms with van der Waals surface area (Å²) < 4.78 is 13.1. The first-order chi connectivity index (χ1) is 11.1. The molecule has 0 aliphatic heterocycles. The highest BCUT2D eigenvalue weighted by atomic mass is 19.1. The average molecular weight is 318 g/mol. The van der Waals surface area contributed by atoms with Crippen molar-refractivity contribution in [3.63, 3.8) is 0 Å². The van der Waals surface area contributed by atoms with E-state index >= 15 is 0 Å². The van der Waals surface area contributed by atoms with Crippen LogP contribution in [-0.2, 0) is 5.60 Å². The van der Waals surface area contributed by atoms with Crippen molar-refractivity contribution in [1.29, 1.82) is 0 Å². The Morgan fingerprint density at radius 1 is 0.957 bits per heavy atom. The van der Waals surface area contributed by atoms with Crippen molar-refractivity contribution in [1.82, 2.24) is 0 Å². The molecule has 2 fully saturated rings. The Kier molecular flexibility index (Phi) is 5.41. The van der Waals surface area contributed by atoms with E-state index in [0.717, 1.165) is 49.0 Å². The lowest BCUT2D eigenvalue weighted by atomic mass is 9.66. The monoisotopic (exact) mass is 318 g/mol. The second-order valence-electron chi connectivity index (χ2n) is 7.95. The summed E-state index contributed by atoms with van der Waals surface area (Å²) in [6.07, 6.45) is 12.2. The number of aliphatic hydroxyl groups is 1. The third kappa shape index (κ3) is 3.96. The minimum absolute atomic E-state index is 0.227. The van der Waals surface area contributed by atoms with Gasteiger partial charge in [-0.1, -0.05) is 44.7 Å². The van der Waals surface area contributed by atoms with Gasteiger partial charge in [0.15, 0.2) is 0 Å². The summed E-state index contributed by atoms with van der Waals surface area (Å²) in [6.45, 7) is 2.30. The Morgan fingerprint density at radius 2 is 1.52 bits per heavy atom. The Bertz CT molecular complexity index is 479. The largest absolute Gasteiger partial charge is 0.385 e. The Balaban J connectivity index is 1.53. The molecule has 0 unspecified atom stereocenters. The van der Waals surface area contributed by atoms with Gasteiger partial charge < -0.3 is 5.11 Å². The zero-order valence-corrected chi connectivity index (χ0v) is 14.4. The van der Waals surface area contributed by atoms with E-state index in [-0.39, 0.29) is 5.82 Å². The van der Waals surface area contributed by atoms with Crippen molar-refractivity contribution in [2.45, 2.75) is 76.7 Å². The van der Waals surface area contributed by atoms with Crippen LogP contribution in [0.3, 0.4) is 0 Å². The maximum absolute atomic E-state index is 13.1. The standard InChI is InChI=1S/C21H31FO/c1-2-3-16-4-6-17(7-5-16)18-12-14-21(23,15-13-18)19-8-10-20(22)11-9-19/h8-11,16-18,23H,2-7,12-15H2,1H3/t16?,17?,18-,21+. The Labute approximate surface area is 140 Å². The molecular weight excluding hydrogens is 287 g/mol. The van der Waals surface area contributed by atoms with Gasteiger partial charge in [-0.2, -0.15) is 0 Å². The number of hydrogen-bond acceptors (Lipinski definition) is 1. The summed E-state index contributed by atoms with van der Waals surface area (Å²) in [5.74, 6) is 2.41. The third-order valence-electron chi connectivity index (χ3n) is 6.49. The maximum Gasteiger partial charge on any atom is 0.123 e. The molecule has 2 saturated carbocycles. The van der Waals surface area contributed by atoms with Crippen molar-refractivity contribution in [2.24, 2.45) is 17.8 Å². The third-order valence-corrected chi connectivity index (χ3v) is 6.49. The number of rotatable bonds is 4.